The molecule has 0 aromatic heterocycles. The number of nitrogens with one attached hydrogen (secondary N) is 1. The Morgan fingerprint density at radius 3 is 2.04 bits per heavy atom. The van der Waals surface area contributed by atoms with Crippen LogP contribution >= 0.6 is 0 Å². The summed E-state index contributed by atoms with van der Waals surface area (Å²) in [6.45, 7) is 0. The van der Waals surface area contributed by atoms with Crippen molar-refractivity contribution in [3.8, 4) is 0 Å². The van der Waals surface area contributed by atoms with Crippen molar-refractivity contribution in [3.63, 3.8) is 0 Å². The highest BCUT2D eigenvalue weighted by Gasteiger charge is 2.22. The van der Waals surface area contributed by atoms with E-state index in [4.69, 9.17) is 16.0 Å². The number of hydrogen-bond donors (Lipinski definition) is 4. The van der Waals surface area contributed by atoms with Crippen LogP contribution in [0.1, 0.15) is 0 Å². The fourth-order valence-electron chi connectivity index (χ4n) is 1.95. The van der Waals surface area contributed by atoms with E-state index in [0.29, 0.717) is 11.4 Å². The molecular formula is C14H17N3O5S2. The van der Waals surface area contributed by atoms with E-state index in [-0.39, 0.29) is 16.3 Å². The molecule has 0 radical (unpaired) electrons. The Morgan fingerprint density at radius 2 is 1.46 bits per heavy atom. The van der Waals surface area contributed by atoms with Crippen LogP contribution in [0.5, 0.6) is 0 Å². The van der Waals surface area contributed by atoms with Crippen LogP contribution in [0.25, 0.3) is 0 Å². The van der Waals surface area contributed by atoms with E-state index in [0.717, 1.165) is 0 Å². The topological polar surface area (TPSA) is 153 Å². The van der Waals surface area contributed by atoms with Gasteiger partial charge >= 0.3 is 0 Å². The van der Waals surface area contributed by atoms with E-state index in [1.807, 2.05) is 0 Å². The lowest BCUT2D eigenvalue weighted by atomic mass is 10.2. The van der Waals surface area contributed by atoms with Crippen LogP contribution in [0, 0.1) is 0 Å². The van der Waals surface area contributed by atoms with Crippen LogP contribution in [-0.4, -0.2) is 32.9 Å². The minimum Gasteiger partial charge on any atom is -0.399 e. The molecule has 8 nitrogen and oxygen atoms in total. The molecule has 0 saturated carbocycles. The Labute approximate surface area is 140 Å². The molecule has 0 saturated heterocycles. The van der Waals surface area contributed by atoms with Crippen molar-refractivity contribution in [3.05, 3.63) is 42.5 Å². The highest BCUT2D eigenvalue weighted by molar-refractivity contribution is 7.93. The van der Waals surface area contributed by atoms with Gasteiger partial charge in [0.15, 0.2) is 9.84 Å². The van der Waals surface area contributed by atoms with E-state index in [9.17, 15) is 16.8 Å². The molecule has 6 N–H and O–H groups in total. The summed E-state index contributed by atoms with van der Waals surface area (Å²) in [5.41, 5.74) is 12.8. The summed E-state index contributed by atoms with van der Waals surface area (Å²) in [5, 5.41) is 2.93. The largest absolute Gasteiger partial charge is 0.399 e. The number of rotatable bonds is 6. The maximum absolute atomic E-state index is 12.4. The molecule has 2 aromatic rings. The number of anilines is 4. The van der Waals surface area contributed by atoms with Gasteiger partial charge in [-0.2, -0.15) is 8.42 Å². The summed E-state index contributed by atoms with van der Waals surface area (Å²) in [7, 11) is -8.38. The molecule has 0 aliphatic rings. The van der Waals surface area contributed by atoms with E-state index in [2.05, 4.69) is 5.32 Å². The molecule has 0 bridgehead atoms. The summed E-state index contributed by atoms with van der Waals surface area (Å²) in [6.07, 6.45) is 0. The lowest BCUT2D eigenvalue weighted by Crippen LogP contribution is -2.17. The van der Waals surface area contributed by atoms with E-state index in [1.165, 1.54) is 18.2 Å². The van der Waals surface area contributed by atoms with Gasteiger partial charge in [-0.15, -0.1) is 0 Å². The second-order valence-electron chi connectivity index (χ2n) is 5.11. The molecule has 24 heavy (non-hydrogen) atoms. The zero-order valence-corrected chi connectivity index (χ0v) is 14.1. The summed E-state index contributed by atoms with van der Waals surface area (Å²) in [4.78, 5) is -0.150. The van der Waals surface area contributed by atoms with Crippen molar-refractivity contribution in [1.29, 1.82) is 0 Å². The van der Waals surface area contributed by atoms with Crippen LogP contribution in [-0.2, 0) is 20.0 Å². The summed E-state index contributed by atoms with van der Waals surface area (Å²) >= 11 is 0. The predicted octanol–water partition coefficient (Wildman–Crippen LogP) is 1.26. The molecule has 2 rings (SSSR count). The van der Waals surface area contributed by atoms with Crippen molar-refractivity contribution in [2.45, 2.75) is 4.90 Å². The zero-order chi connectivity index (χ0) is 18.0. The smallest absolute Gasteiger partial charge is 0.265 e. The average molecular weight is 371 g/mol. The summed E-state index contributed by atoms with van der Waals surface area (Å²) in [6, 6.07) is 10.9. The Bertz CT molecular complexity index is 939. The standard InChI is InChI=1S/C14H17N3O5S2/c15-10-1-4-12(5-2-10)17-13-6-3-11(16)9-14(13)23(18,19)7-8-24(20,21)22/h1-6,9,17H,7-8,15-16H2,(H,20,21,22). The monoisotopic (exact) mass is 371 g/mol. The molecule has 0 unspecified atom stereocenters. The molecule has 0 spiro atoms. The second-order valence-corrected chi connectivity index (χ2v) is 8.76. The molecule has 2 aromatic carbocycles. The summed E-state index contributed by atoms with van der Waals surface area (Å²) in [5.74, 6) is -1.66. The van der Waals surface area contributed by atoms with Crippen LogP contribution in [0.15, 0.2) is 47.4 Å². The molecular weight excluding hydrogens is 354 g/mol. The van der Waals surface area contributed by atoms with Gasteiger partial charge in [-0.3, -0.25) is 4.55 Å². The first kappa shape index (κ1) is 18.0. The molecule has 0 fully saturated rings. The van der Waals surface area contributed by atoms with Crippen molar-refractivity contribution in [2.24, 2.45) is 0 Å². The number of nitrogens with two attached hydrogens (primary N) is 2. The van der Waals surface area contributed by atoms with Crippen LogP contribution < -0.4 is 16.8 Å². The Kier molecular flexibility index (Phi) is 5.02. The Balaban J connectivity index is 2.38. The lowest BCUT2D eigenvalue weighted by Gasteiger charge is -2.13. The Morgan fingerprint density at radius 1 is 0.875 bits per heavy atom. The van der Waals surface area contributed by atoms with E-state index in [1.54, 1.807) is 24.3 Å². The third kappa shape index (κ3) is 4.85. The van der Waals surface area contributed by atoms with Gasteiger partial charge in [-0.1, -0.05) is 0 Å². The first-order valence-electron chi connectivity index (χ1n) is 6.77. The molecule has 0 aliphatic carbocycles. The number of sulfone groups is 1. The van der Waals surface area contributed by atoms with Crippen molar-refractivity contribution < 1.29 is 21.4 Å². The fraction of sp³-hybridized carbons (Fsp3) is 0.143. The minimum atomic E-state index is -4.40. The number of benzene rings is 2. The predicted molar refractivity (Wildman–Crippen MR) is 93.5 cm³/mol. The average Bonchev–Trinajstić information content (AvgIpc) is 2.49. The quantitative estimate of drug-likeness (QED) is 0.437. The fourth-order valence-corrected chi connectivity index (χ4v) is 4.66. The van der Waals surface area contributed by atoms with Crippen LogP contribution in [0.2, 0.25) is 0 Å². The van der Waals surface area contributed by atoms with Gasteiger partial charge in [0.25, 0.3) is 10.1 Å². The molecule has 130 valence electrons. The highest BCUT2D eigenvalue weighted by Crippen LogP contribution is 2.28. The van der Waals surface area contributed by atoms with Gasteiger partial charge in [0.2, 0.25) is 0 Å². The van der Waals surface area contributed by atoms with E-state index >= 15 is 0 Å². The van der Waals surface area contributed by atoms with Crippen molar-refractivity contribution in [1.82, 2.24) is 0 Å². The highest BCUT2D eigenvalue weighted by atomic mass is 32.2. The number of nitrogen functional groups attached to an aromatic ring is 2. The second kappa shape index (κ2) is 6.67. The maximum atomic E-state index is 12.4. The molecule has 0 aliphatic heterocycles. The van der Waals surface area contributed by atoms with Crippen molar-refractivity contribution in [2.75, 3.05) is 28.3 Å². The van der Waals surface area contributed by atoms with Crippen LogP contribution in [0.3, 0.4) is 0 Å². The zero-order valence-electron chi connectivity index (χ0n) is 12.5. The SMILES string of the molecule is Nc1ccc(Nc2ccc(N)cc2S(=O)(=O)CCS(=O)(=O)O)cc1. The first-order chi connectivity index (χ1) is 11.1. The van der Waals surface area contributed by atoms with Gasteiger partial charge in [0.1, 0.15) is 0 Å². The molecule has 0 amide bonds. The molecule has 0 atom stereocenters. The van der Waals surface area contributed by atoms with E-state index < -0.39 is 31.5 Å². The third-order valence-electron chi connectivity index (χ3n) is 3.14. The van der Waals surface area contributed by atoms with Gasteiger partial charge in [0, 0.05) is 17.1 Å². The van der Waals surface area contributed by atoms with Gasteiger partial charge in [0.05, 0.1) is 22.1 Å². The minimum absolute atomic E-state index is 0.150. The van der Waals surface area contributed by atoms with Gasteiger partial charge in [-0.05, 0) is 42.5 Å². The van der Waals surface area contributed by atoms with Crippen molar-refractivity contribution >= 4 is 42.7 Å². The molecule has 10 heteroatoms. The maximum Gasteiger partial charge on any atom is 0.265 e. The lowest BCUT2D eigenvalue weighted by molar-refractivity contribution is 0.484. The number of hydrogen-bond acceptors (Lipinski definition) is 7. The van der Waals surface area contributed by atoms with Gasteiger partial charge < -0.3 is 16.8 Å². The Hall–Kier alpha value is -2.30. The van der Waals surface area contributed by atoms with Gasteiger partial charge in [-0.25, -0.2) is 8.42 Å². The first-order valence-corrected chi connectivity index (χ1v) is 10.0. The normalized spacial score (nSPS) is 12.0. The molecule has 0 heterocycles. The third-order valence-corrected chi connectivity index (χ3v) is 5.87. The van der Waals surface area contributed by atoms with Crippen LogP contribution in [0.4, 0.5) is 22.7 Å². The summed E-state index contributed by atoms with van der Waals surface area (Å²) < 4.78 is 55.2.